The molecule has 0 radical (unpaired) electrons. The van der Waals surface area contributed by atoms with Gasteiger partial charge in [-0.15, -0.1) is 0 Å². The Kier molecular flexibility index (Phi) is 2.97. The predicted molar refractivity (Wildman–Crippen MR) is 60.0 cm³/mol. The number of rotatable bonds is 2. The third kappa shape index (κ3) is 2.16. The van der Waals surface area contributed by atoms with Gasteiger partial charge in [0.05, 0.1) is 13.2 Å². The molecule has 0 aromatic heterocycles. The number of carbonyl (C=O) groups excluding carboxylic acids is 1. The fourth-order valence-electron chi connectivity index (χ4n) is 1.80. The fraction of sp³-hybridized carbons (Fsp3) is 0.308. The Hall–Kier alpha value is -1.41. The molecule has 1 aromatic carbocycles. The first-order valence-corrected chi connectivity index (χ1v) is 5.14. The molecule has 1 heterocycles. The summed E-state index contributed by atoms with van der Waals surface area (Å²) in [4.78, 5) is 10.7. The van der Waals surface area contributed by atoms with E-state index >= 15 is 0 Å². The first-order valence-electron chi connectivity index (χ1n) is 5.14. The molecule has 1 aromatic rings. The van der Waals surface area contributed by atoms with Crippen molar-refractivity contribution in [1.29, 1.82) is 0 Å². The van der Waals surface area contributed by atoms with Gasteiger partial charge in [0.2, 0.25) is 0 Å². The van der Waals surface area contributed by atoms with Gasteiger partial charge in [-0.25, -0.2) is 0 Å². The molecule has 0 saturated heterocycles. The van der Waals surface area contributed by atoms with Crippen LogP contribution in [-0.4, -0.2) is 19.5 Å². The van der Waals surface area contributed by atoms with E-state index in [4.69, 9.17) is 4.74 Å². The first-order chi connectivity index (χ1) is 7.31. The fourth-order valence-corrected chi connectivity index (χ4v) is 1.80. The molecule has 0 saturated carbocycles. The molecule has 1 aliphatic heterocycles. The summed E-state index contributed by atoms with van der Waals surface area (Å²) in [6, 6.07) is 5.96. The highest BCUT2D eigenvalue weighted by Gasteiger charge is 2.07. The van der Waals surface area contributed by atoms with Crippen LogP contribution in [0.25, 0.3) is 5.57 Å². The Morgan fingerprint density at radius 1 is 1.40 bits per heavy atom. The van der Waals surface area contributed by atoms with E-state index in [1.807, 2.05) is 19.1 Å². The summed E-state index contributed by atoms with van der Waals surface area (Å²) < 4.78 is 5.26. The highest BCUT2D eigenvalue weighted by Crippen LogP contribution is 2.22. The zero-order valence-electron chi connectivity index (χ0n) is 8.82. The molecule has 0 fully saturated rings. The molecule has 0 bridgehead atoms. The molecular formula is C13H14O2. The van der Waals surface area contributed by atoms with Gasteiger partial charge in [-0.1, -0.05) is 24.3 Å². The Balaban J connectivity index is 2.33. The van der Waals surface area contributed by atoms with Gasteiger partial charge in [-0.3, -0.25) is 4.79 Å². The number of aldehydes is 1. The van der Waals surface area contributed by atoms with Crippen LogP contribution >= 0.6 is 0 Å². The normalized spacial score (nSPS) is 15.9. The Bertz CT molecular complexity index is 405. The Morgan fingerprint density at radius 3 is 2.87 bits per heavy atom. The zero-order chi connectivity index (χ0) is 10.7. The van der Waals surface area contributed by atoms with Crippen molar-refractivity contribution < 1.29 is 9.53 Å². The summed E-state index contributed by atoms with van der Waals surface area (Å²) in [5, 5.41) is 0. The summed E-state index contributed by atoms with van der Waals surface area (Å²) in [5.74, 6) is 0. The summed E-state index contributed by atoms with van der Waals surface area (Å²) in [5.41, 5.74) is 4.34. The molecule has 15 heavy (non-hydrogen) atoms. The van der Waals surface area contributed by atoms with Crippen molar-refractivity contribution in [3.8, 4) is 0 Å². The summed E-state index contributed by atoms with van der Waals surface area (Å²) in [7, 11) is 0. The van der Waals surface area contributed by atoms with Crippen molar-refractivity contribution >= 4 is 11.9 Å². The second kappa shape index (κ2) is 4.41. The van der Waals surface area contributed by atoms with E-state index < -0.39 is 0 Å². The monoisotopic (exact) mass is 202 g/mol. The van der Waals surface area contributed by atoms with E-state index in [9.17, 15) is 4.79 Å². The highest BCUT2D eigenvalue weighted by atomic mass is 16.5. The minimum Gasteiger partial charge on any atom is -0.377 e. The smallest absolute Gasteiger partial charge is 0.150 e. The molecule has 0 spiro atoms. The Morgan fingerprint density at radius 2 is 2.27 bits per heavy atom. The van der Waals surface area contributed by atoms with Gasteiger partial charge in [0.15, 0.2) is 0 Å². The SMILES string of the molecule is Cc1cc(C2=CCOCC2)ccc1C=O. The summed E-state index contributed by atoms with van der Waals surface area (Å²) >= 11 is 0. The molecule has 78 valence electrons. The van der Waals surface area contributed by atoms with Gasteiger partial charge in [-0.05, 0) is 30.0 Å². The van der Waals surface area contributed by atoms with Gasteiger partial charge < -0.3 is 4.74 Å². The molecule has 0 N–H and O–H groups in total. The van der Waals surface area contributed by atoms with Gasteiger partial charge >= 0.3 is 0 Å². The average molecular weight is 202 g/mol. The quantitative estimate of drug-likeness (QED) is 0.689. The second-order valence-electron chi connectivity index (χ2n) is 3.74. The van der Waals surface area contributed by atoms with Crippen molar-refractivity contribution in [3.05, 3.63) is 41.0 Å². The van der Waals surface area contributed by atoms with Gasteiger partial charge in [-0.2, -0.15) is 0 Å². The van der Waals surface area contributed by atoms with E-state index in [2.05, 4.69) is 12.1 Å². The lowest BCUT2D eigenvalue weighted by atomic mass is 9.97. The molecule has 0 atom stereocenters. The number of carbonyl (C=O) groups is 1. The van der Waals surface area contributed by atoms with E-state index in [0.29, 0.717) is 6.61 Å². The molecule has 2 rings (SSSR count). The van der Waals surface area contributed by atoms with Gasteiger partial charge in [0.25, 0.3) is 0 Å². The largest absolute Gasteiger partial charge is 0.377 e. The lowest BCUT2D eigenvalue weighted by Gasteiger charge is -2.14. The van der Waals surface area contributed by atoms with E-state index in [-0.39, 0.29) is 0 Å². The van der Waals surface area contributed by atoms with Crippen molar-refractivity contribution in [1.82, 2.24) is 0 Å². The maximum Gasteiger partial charge on any atom is 0.150 e. The van der Waals surface area contributed by atoms with Crippen LogP contribution in [0.15, 0.2) is 24.3 Å². The molecule has 0 unspecified atom stereocenters. The maximum absolute atomic E-state index is 10.7. The number of benzene rings is 1. The minimum atomic E-state index is 0.698. The summed E-state index contributed by atoms with van der Waals surface area (Å²) in [6.07, 6.45) is 3.97. The van der Waals surface area contributed by atoms with E-state index in [0.717, 1.165) is 30.4 Å². The number of ether oxygens (including phenoxy) is 1. The maximum atomic E-state index is 10.7. The molecule has 0 aliphatic carbocycles. The molecule has 0 amide bonds. The third-order valence-corrected chi connectivity index (χ3v) is 2.73. The molecule has 2 heteroatoms. The molecule has 1 aliphatic rings. The van der Waals surface area contributed by atoms with Crippen LogP contribution in [0.4, 0.5) is 0 Å². The van der Waals surface area contributed by atoms with Crippen LogP contribution < -0.4 is 0 Å². The van der Waals surface area contributed by atoms with Gasteiger partial charge in [0, 0.05) is 5.56 Å². The van der Waals surface area contributed by atoms with Crippen LogP contribution in [0.1, 0.15) is 27.9 Å². The molecule has 2 nitrogen and oxygen atoms in total. The molecular weight excluding hydrogens is 188 g/mol. The zero-order valence-corrected chi connectivity index (χ0v) is 8.82. The Labute approximate surface area is 89.6 Å². The third-order valence-electron chi connectivity index (χ3n) is 2.73. The second-order valence-corrected chi connectivity index (χ2v) is 3.74. The lowest BCUT2D eigenvalue weighted by Crippen LogP contribution is -2.04. The van der Waals surface area contributed by atoms with Crippen LogP contribution in [0.5, 0.6) is 0 Å². The lowest BCUT2D eigenvalue weighted by molar-refractivity contribution is 0.112. The minimum absolute atomic E-state index is 0.698. The standard InChI is InChI=1S/C13H14O2/c1-10-8-12(2-3-13(10)9-14)11-4-6-15-7-5-11/h2-4,8-9H,5-7H2,1H3. The highest BCUT2D eigenvalue weighted by molar-refractivity contribution is 5.79. The summed E-state index contributed by atoms with van der Waals surface area (Å²) in [6.45, 7) is 3.46. The van der Waals surface area contributed by atoms with Crippen molar-refractivity contribution in [2.45, 2.75) is 13.3 Å². The van der Waals surface area contributed by atoms with Crippen LogP contribution in [-0.2, 0) is 4.74 Å². The van der Waals surface area contributed by atoms with Crippen molar-refractivity contribution in [3.63, 3.8) is 0 Å². The van der Waals surface area contributed by atoms with Crippen LogP contribution in [0.2, 0.25) is 0 Å². The van der Waals surface area contributed by atoms with Crippen LogP contribution in [0, 0.1) is 6.92 Å². The number of hydrogen-bond donors (Lipinski definition) is 0. The van der Waals surface area contributed by atoms with Gasteiger partial charge in [0.1, 0.15) is 6.29 Å². The van der Waals surface area contributed by atoms with E-state index in [1.165, 1.54) is 11.1 Å². The van der Waals surface area contributed by atoms with Crippen molar-refractivity contribution in [2.75, 3.05) is 13.2 Å². The first kappa shape index (κ1) is 10.1. The average Bonchev–Trinajstić information content (AvgIpc) is 2.30. The van der Waals surface area contributed by atoms with E-state index in [1.54, 1.807) is 0 Å². The van der Waals surface area contributed by atoms with Crippen LogP contribution in [0.3, 0.4) is 0 Å². The number of hydrogen-bond acceptors (Lipinski definition) is 2. The van der Waals surface area contributed by atoms with Crippen molar-refractivity contribution in [2.24, 2.45) is 0 Å². The number of aryl methyl sites for hydroxylation is 1. The topological polar surface area (TPSA) is 26.3 Å². The predicted octanol–water partition coefficient (Wildman–Crippen LogP) is 2.61.